The summed E-state index contributed by atoms with van der Waals surface area (Å²) in [7, 11) is 1.44. The van der Waals surface area contributed by atoms with Gasteiger partial charge in [-0.3, -0.25) is 4.79 Å². The van der Waals surface area contributed by atoms with Crippen molar-refractivity contribution in [3.05, 3.63) is 0 Å². The molecular weight excluding hydrogens is 190 g/mol. The van der Waals surface area contributed by atoms with E-state index in [1.165, 1.54) is 32.8 Å². The van der Waals surface area contributed by atoms with E-state index in [4.69, 9.17) is 0 Å². The van der Waals surface area contributed by atoms with Crippen molar-refractivity contribution in [2.24, 2.45) is 5.92 Å². The van der Waals surface area contributed by atoms with Gasteiger partial charge in [-0.2, -0.15) is 0 Å². The van der Waals surface area contributed by atoms with Crippen molar-refractivity contribution < 1.29 is 9.53 Å². The number of esters is 1. The smallest absolute Gasteiger partial charge is 0.305 e. The Bertz CT molecular complexity index is 194. The topological polar surface area (TPSA) is 38.3 Å². The molecule has 0 radical (unpaired) electrons. The molecule has 3 heteroatoms. The minimum atomic E-state index is -0.103. The first-order chi connectivity index (χ1) is 7.24. The van der Waals surface area contributed by atoms with Crippen molar-refractivity contribution in [2.75, 3.05) is 13.7 Å². The molecule has 0 bridgehead atoms. The maximum absolute atomic E-state index is 10.9. The molecule has 2 atom stereocenters. The maximum atomic E-state index is 10.9. The summed E-state index contributed by atoms with van der Waals surface area (Å²) in [4.78, 5) is 10.9. The predicted molar refractivity (Wildman–Crippen MR) is 60.7 cm³/mol. The third-order valence-electron chi connectivity index (χ3n) is 3.30. The molecule has 0 saturated heterocycles. The van der Waals surface area contributed by atoms with Crippen LogP contribution in [0.1, 0.15) is 45.4 Å². The number of ether oxygens (including phenoxy) is 1. The van der Waals surface area contributed by atoms with E-state index in [0.29, 0.717) is 12.5 Å². The SMILES string of the molecule is COC(=O)CCCNC1CCCCC1C. The van der Waals surface area contributed by atoms with Crippen molar-refractivity contribution >= 4 is 5.97 Å². The number of hydrogen-bond donors (Lipinski definition) is 1. The molecule has 0 amide bonds. The van der Waals surface area contributed by atoms with Crippen LogP contribution < -0.4 is 5.32 Å². The Morgan fingerprint density at radius 2 is 2.13 bits per heavy atom. The summed E-state index contributed by atoms with van der Waals surface area (Å²) in [5.41, 5.74) is 0. The number of hydrogen-bond acceptors (Lipinski definition) is 3. The molecule has 1 N–H and O–H groups in total. The van der Waals surface area contributed by atoms with Crippen molar-refractivity contribution in [1.29, 1.82) is 0 Å². The van der Waals surface area contributed by atoms with Gasteiger partial charge in [0.15, 0.2) is 0 Å². The van der Waals surface area contributed by atoms with Gasteiger partial charge in [-0.05, 0) is 31.7 Å². The van der Waals surface area contributed by atoms with Gasteiger partial charge in [-0.25, -0.2) is 0 Å². The lowest BCUT2D eigenvalue weighted by molar-refractivity contribution is -0.140. The summed E-state index contributed by atoms with van der Waals surface area (Å²) in [6.07, 6.45) is 6.77. The molecular formula is C12H23NO2. The van der Waals surface area contributed by atoms with Crippen LogP contribution >= 0.6 is 0 Å². The van der Waals surface area contributed by atoms with Gasteiger partial charge < -0.3 is 10.1 Å². The minimum absolute atomic E-state index is 0.103. The van der Waals surface area contributed by atoms with E-state index in [9.17, 15) is 4.79 Å². The quantitative estimate of drug-likeness (QED) is 0.561. The van der Waals surface area contributed by atoms with Gasteiger partial charge in [0, 0.05) is 12.5 Å². The van der Waals surface area contributed by atoms with E-state index in [2.05, 4.69) is 17.0 Å². The molecule has 0 aromatic heterocycles. The molecule has 88 valence electrons. The van der Waals surface area contributed by atoms with E-state index >= 15 is 0 Å². The van der Waals surface area contributed by atoms with Gasteiger partial charge in [0.05, 0.1) is 7.11 Å². The molecule has 0 spiro atoms. The Labute approximate surface area is 92.6 Å². The van der Waals surface area contributed by atoms with Crippen molar-refractivity contribution in [2.45, 2.75) is 51.5 Å². The lowest BCUT2D eigenvalue weighted by Crippen LogP contribution is -2.37. The fourth-order valence-corrected chi connectivity index (χ4v) is 2.24. The van der Waals surface area contributed by atoms with Crippen LogP contribution in [0.2, 0.25) is 0 Å². The average Bonchev–Trinajstić information content (AvgIpc) is 2.26. The third kappa shape index (κ3) is 4.65. The van der Waals surface area contributed by atoms with Gasteiger partial charge in [-0.1, -0.05) is 19.8 Å². The summed E-state index contributed by atoms with van der Waals surface area (Å²) < 4.78 is 4.60. The molecule has 0 aromatic rings. The second-order valence-electron chi connectivity index (χ2n) is 4.50. The Balaban J connectivity index is 2.06. The van der Waals surface area contributed by atoms with Crippen molar-refractivity contribution in [3.8, 4) is 0 Å². The molecule has 0 heterocycles. The largest absolute Gasteiger partial charge is 0.469 e. The zero-order valence-corrected chi connectivity index (χ0v) is 9.92. The Kier molecular flexibility index (Phi) is 5.69. The molecule has 1 aliphatic carbocycles. The number of rotatable bonds is 5. The number of methoxy groups -OCH3 is 1. The van der Waals surface area contributed by atoms with E-state index in [1.54, 1.807) is 0 Å². The van der Waals surface area contributed by atoms with Gasteiger partial charge in [0.25, 0.3) is 0 Å². The van der Waals surface area contributed by atoms with E-state index in [1.807, 2.05) is 0 Å². The molecule has 1 rings (SSSR count). The summed E-state index contributed by atoms with van der Waals surface area (Å²) >= 11 is 0. The Morgan fingerprint density at radius 1 is 1.40 bits per heavy atom. The van der Waals surface area contributed by atoms with E-state index < -0.39 is 0 Å². The van der Waals surface area contributed by atoms with Crippen LogP contribution in [0.25, 0.3) is 0 Å². The Hall–Kier alpha value is -0.570. The van der Waals surface area contributed by atoms with Crippen LogP contribution in [-0.4, -0.2) is 25.7 Å². The van der Waals surface area contributed by atoms with E-state index in [-0.39, 0.29) is 5.97 Å². The van der Waals surface area contributed by atoms with Crippen LogP contribution in [0.4, 0.5) is 0 Å². The fraction of sp³-hybridized carbons (Fsp3) is 0.917. The molecule has 3 nitrogen and oxygen atoms in total. The molecule has 1 saturated carbocycles. The molecule has 0 aliphatic heterocycles. The second kappa shape index (κ2) is 6.83. The monoisotopic (exact) mass is 213 g/mol. The first kappa shape index (κ1) is 12.5. The van der Waals surface area contributed by atoms with Crippen LogP contribution in [0.3, 0.4) is 0 Å². The van der Waals surface area contributed by atoms with Crippen LogP contribution in [-0.2, 0) is 9.53 Å². The van der Waals surface area contributed by atoms with Crippen molar-refractivity contribution in [3.63, 3.8) is 0 Å². The first-order valence-electron chi connectivity index (χ1n) is 6.04. The van der Waals surface area contributed by atoms with Gasteiger partial charge >= 0.3 is 5.97 Å². The summed E-state index contributed by atoms with van der Waals surface area (Å²) in [5.74, 6) is 0.686. The fourth-order valence-electron chi connectivity index (χ4n) is 2.24. The summed E-state index contributed by atoms with van der Waals surface area (Å²) in [6.45, 7) is 3.25. The highest BCUT2D eigenvalue weighted by molar-refractivity contribution is 5.69. The van der Waals surface area contributed by atoms with Gasteiger partial charge in [0.2, 0.25) is 0 Å². The standard InChI is InChI=1S/C12H23NO2/c1-10-6-3-4-7-11(10)13-9-5-8-12(14)15-2/h10-11,13H,3-9H2,1-2H3. The Morgan fingerprint density at radius 3 is 2.80 bits per heavy atom. The van der Waals surface area contributed by atoms with E-state index in [0.717, 1.165) is 18.9 Å². The van der Waals surface area contributed by atoms with Gasteiger partial charge in [0.1, 0.15) is 0 Å². The zero-order chi connectivity index (χ0) is 11.1. The normalized spacial score (nSPS) is 26.3. The highest BCUT2D eigenvalue weighted by atomic mass is 16.5. The molecule has 15 heavy (non-hydrogen) atoms. The summed E-state index contributed by atoms with van der Waals surface area (Å²) in [5, 5.41) is 3.54. The van der Waals surface area contributed by atoms with Crippen molar-refractivity contribution in [1.82, 2.24) is 5.32 Å². The predicted octanol–water partition coefficient (Wildman–Crippen LogP) is 2.11. The van der Waals surface area contributed by atoms with Crippen LogP contribution in [0.15, 0.2) is 0 Å². The molecule has 1 aliphatic rings. The lowest BCUT2D eigenvalue weighted by atomic mass is 9.86. The molecule has 0 aromatic carbocycles. The molecule has 1 fully saturated rings. The number of carbonyl (C=O) groups is 1. The summed E-state index contributed by atoms with van der Waals surface area (Å²) in [6, 6.07) is 0.663. The zero-order valence-electron chi connectivity index (χ0n) is 9.92. The second-order valence-corrected chi connectivity index (χ2v) is 4.50. The number of carbonyl (C=O) groups excluding carboxylic acids is 1. The third-order valence-corrected chi connectivity index (χ3v) is 3.30. The van der Waals surface area contributed by atoms with Crippen LogP contribution in [0, 0.1) is 5.92 Å². The minimum Gasteiger partial charge on any atom is -0.469 e. The van der Waals surface area contributed by atoms with Gasteiger partial charge in [-0.15, -0.1) is 0 Å². The average molecular weight is 213 g/mol. The highest BCUT2D eigenvalue weighted by Gasteiger charge is 2.20. The maximum Gasteiger partial charge on any atom is 0.305 e. The first-order valence-corrected chi connectivity index (χ1v) is 6.04. The molecule has 2 unspecified atom stereocenters. The lowest BCUT2D eigenvalue weighted by Gasteiger charge is -2.29. The number of nitrogens with one attached hydrogen (secondary N) is 1. The van der Waals surface area contributed by atoms with Crippen LogP contribution in [0.5, 0.6) is 0 Å². The highest BCUT2D eigenvalue weighted by Crippen LogP contribution is 2.23.